The van der Waals surface area contributed by atoms with Gasteiger partial charge in [0.15, 0.2) is 0 Å². The van der Waals surface area contributed by atoms with Gasteiger partial charge in [-0.15, -0.1) is 6.58 Å². The third kappa shape index (κ3) is 3.68. The minimum Gasteiger partial charge on any atom is -0.352 e. The van der Waals surface area contributed by atoms with E-state index in [4.69, 9.17) is 5.14 Å². The lowest BCUT2D eigenvalue weighted by molar-refractivity contribution is 0.0953. The van der Waals surface area contributed by atoms with E-state index in [9.17, 15) is 13.2 Å². The number of primary sulfonamides is 1. The monoisotopic (exact) mass is 268 g/mol. The molecule has 0 radical (unpaired) electrons. The molecule has 3 N–H and O–H groups in total. The van der Waals surface area contributed by atoms with Crippen LogP contribution >= 0.6 is 0 Å². The number of hydrogen-bond donors (Lipinski definition) is 2. The number of nitrogens with two attached hydrogens (primary N) is 1. The molecule has 0 aliphatic carbocycles. The fourth-order valence-electron chi connectivity index (χ4n) is 1.45. The Morgan fingerprint density at radius 3 is 2.67 bits per heavy atom. The van der Waals surface area contributed by atoms with E-state index in [-0.39, 0.29) is 10.8 Å². The summed E-state index contributed by atoms with van der Waals surface area (Å²) in [6.07, 6.45) is 2.39. The summed E-state index contributed by atoms with van der Waals surface area (Å²) >= 11 is 0. The minimum absolute atomic E-state index is 0.00245. The molecule has 6 heteroatoms. The molecule has 1 aromatic rings. The molecule has 18 heavy (non-hydrogen) atoms. The molecule has 0 saturated heterocycles. The van der Waals surface area contributed by atoms with Crippen LogP contribution in [0, 0.1) is 6.92 Å². The van der Waals surface area contributed by atoms with Crippen molar-refractivity contribution in [1.29, 1.82) is 0 Å². The van der Waals surface area contributed by atoms with E-state index >= 15 is 0 Å². The Kier molecular flexibility index (Phi) is 4.63. The van der Waals surface area contributed by atoms with Gasteiger partial charge in [0.25, 0.3) is 5.91 Å². The molecule has 0 aromatic heterocycles. The smallest absolute Gasteiger partial charge is 0.251 e. The van der Waals surface area contributed by atoms with Gasteiger partial charge in [0.1, 0.15) is 0 Å². The van der Waals surface area contributed by atoms with Crippen LogP contribution in [0.15, 0.2) is 35.7 Å². The second kappa shape index (κ2) is 5.79. The van der Waals surface area contributed by atoms with Gasteiger partial charge in [-0.05, 0) is 37.1 Å². The van der Waals surface area contributed by atoms with Crippen molar-refractivity contribution >= 4 is 15.9 Å². The van der Waals surface area contributed by atoms with Gasteiger partial charge in [0, 0.05) is 12.1 Å². The molecule has 1 amide bonds. The number of sulfonamides is 1. The van der Waals surface area contributed by atoms with Crippen molar-refractivity contribution in [2.24, 2.45) is 5.14 Å². The zero-order valence-electron chi connectivity index (χ0n) is 10.1. The van der Waals surface area contributed by atoms with Gasteiger partial charge in [-0.1, -0.05) is 6.08 Å². The molecular weight excluding hydrogens is 252 g/mol. The predicted octanol–water partition coefficient (Wildman–Crippen LogP) is 0.948. The van der Waals surface area contributed by atoms with Gasteiger partial charge in [0.05, 0.1) is 4.90 Å². The number of nitrogens with one attached hydrogen (secondary N) is 1. The summed E-state index contributed by atoms with van der Waals surface area (Å²) in [7, 11) is -3.73. The van der Waals surface area contributed by atoms with Crippen molar-refractivity contribution in [2.75, 3.05) is 6.54 Å². The largest absolute Gasteiger partial charge is 0.352 e. The molecule has 1 aromatic carbocycles. The maximum absolute atomic E-state index is 11.8. The molecular formula is C12H16N2O3S. The Hall–Kier alpha value is -1.66. The molecule has 0 aliphatic rings. The van der Waals surface area contributed by atoms with Gasteiger partial charge in [0.2, 0.25) is 10.0 Å². The van der Waals surface area contributed by atoms with E-state index in [0.717, 1.165) is 0 Å². The lowest BCUT2D eigenvalue weighted by atomic mass is 10.1. The van der Waals surface area contributed by atoms with Crippen molar-refractivity contribution in [2.45, 2.75) is 18.2 Å². The van der Waals surface area contributed by atoms with Crippen LogP contribution in [-0.2, 0) is 10.0 Å². The second-order valence-corrected chi connectivity index (χ2v) is 5.42. The quantitative estimate of drug-likeness (QED) is 0.615. The molecule has 0 unspecified atom stereocenters. The number of hydrogen-bond acceptors (Lipinski definition) is 3. The molecule has 0 aliphatic heterocycles. The Bertz CT molecular complexity index is 565. The predicted molar refractivity (Wildman–Crippen MR) is 69.7 cm³/mol. The van der Waals surface area contributed by atoms with Gasteiger partial charge >= 0.3 is 0 Å². The summed E-state index contributed by atoms with van der Waals surface area (Å²) in [5.41, 5.74) is 1.00. The fraction of sp³-hybridized carbons (Fsp3) is 0.250. The van der Waals surface area contributed by atoms with Crippen LogP contribution in [0.25, 0.3) is 0 Å². The maximum Gasteiger partial charge on any atom is 0.251 e. The normalized spacial score (nSPS) is 11.0. The number of benzene rings is 1. The summed E-state index contributed by atoms with van der Waals surface area (Å²) in [4.78, 5) is 11.8. The average molecular weight is 268 g/mol. The maximum atomic E-state index is 11.8. The Morgan fingerprint density at radius 2 is 2.17 bits per heavy atom. The lowest BCUT2D eigenvalue weighted by Gasteiger charge is -2.08. The zero-order chi connectivity index (χ0) is 13.8. The number of carbonyl (C=O) groups is 1. The summed E-state index contributed by atoms with van der Waals surface area (Å²) in [6, 6.07) is 4.17. The SMILES string of the molecule is C=CCCNC(=O)c1ccc(S(N)(=O)=O)cc1C. The van der Waals surface area contributed by atoms with E-state index in [1.54, 1.807) is 13.0 Å². The highest BCUT2D eigenvalue weighted by molar-refractivity contribution is 7.89. The second-order valence-electron chi connectivity index (χ2n) is 3.85. The van der Waals surface area contributed by atoms with Gasteiger partial charge in [-0.25, -0.2) is 13.6 Å². The first-order valence-electron chi connectivity index (χ1n) is 5.39. The van der Waals surface area contributed by atoms with Crippen molar-refractivity contribution in [3.63, 3.8) is 0 Å². The highest BCUT2D eigenvalue weighted by atomic mass is 32.2. The standard InChI is InChI=1S/C12H16N2O3S/c1-3-4-7-14-12(15)11-6-5-10(8-9(11)2)18(13,16)17/h3,5-6,8H,1,4,7H2,2H3,(H,14,15)(H2,13,16,17). The number of aryl methyl sites for hydroxylation is 1. The van der Waals surface area contributed by atoms with E-state index < -0.39 is 10.0 Å². The third-order valence-corrected chi connectivity index (χ3v) is 3.32. The van der Waals surface area contributed by atoms with Crippen LogP contribution in [0.1, 0.15) is 22.3 Å². The van der Waals surface area contributed by atoms with Crippen LogP contribution in [-0.4, -0.2) is 20.9 Å². The average Bonchev–Trinajstić information content (AvgIpc) is 2.27. The Morgan fingerprint density at radius 1 is 1.50 bits per heavy atom. The number of amides is 1. The zero-order valence-corrected chi connectivity index (χ0v) is 11.0. The highest BCUT2D eigenvalue weighted by Gasteiger charge is 2.13. The molecule has 5 nitrogen and oxygen atoms in total. The summed E-state index contributed by atoms with van der Waals surface area (Å²) < 4.78 is 22.3. The molecule has 98 valence electrons. The number of carbonyl (C=O) groups excluding carboxylic acids is 1. The molecule has 0 heterocycles. The minimum atomic E-state index is -3.73. The molecule has 0 bridgehead atoms. The first-order chi connectivity index (χ1) is 8.36. The van der Waals surface area contributed by atoms with Crippen LogP contribution in [0.3, 0.4) is 0 Å². The Labute approximate surface area is 107 Å². The summed E-state index contributed by atoms with van der Waals surface area (Å²) in [5.74, 6) is -0.240. The third-order valence-electron chi connectivity index (χ3n) is 2.41. The van der Waals surface area contributed by atoms with Gasteiger partial charge in [-0.2, -0.15) is 0 Å². The van der Waals surface area contributed by atoms with Crippen molar-refractivity contribution in [3.8, 4) is 0 Å². The number of rotatable bonds is 5. The fourth-order valence-corrected chi connectivity index (χ4v) is 2.05. The van der Waals surface area contributed by atoms with Gasteiger partial charge < -0.3 is 5.32 Å². The van der Waals surface area contributed by atoms with E-state index in [2.05, 4.69) is 11.9 Å². The van der Waals surface area contributed by atoms with Gasteiger partial charge in [-0.3, -0.25) is 4.79 Å². The van der Waals surface area contributed by atoms with Crippen LogP contribution in [0.4, 0.5) is 0 Å². The molecule has 0 atom stereocenters. The molecule has 0 fully saturated rings. The van der Waals surface area contributed by atoms with E-state index in [1.165, 1.54) is 18.2 Å². The molecule has 1 rings (SSSR count). The lowest BCUT2D eigenvalue weighted by Crippen LogP contribution is -2.25. The van der Waals surface area contributed by atoms with E-state index in [1.807, 2.05) is 0 Å². The van der Waals surface area contributed by atoms with Crippen molar-refractivity contribution < 1.29 is 13.2 Å². The summed E-state index contributed by atoms with van der Waals surface area (Å²) in [5, 5.41) is 7.72. The molecule has 0 saturated carbocycles. The van der Waals surface area contributed by atoms with E-state index in [0.29, 0.717) is 24.1 Å². The topological polar surface area (TPSA) is 89.3 Å². The van der Waals surface area contributed by atoms with Crippen LogP contribution in [0.5, 0.6) is 0 Å². The van der Waals surface area contributed by atoms with Crippen LogP contribution in [0.2, 0.25) is 0 Å². The Balaban J connectivity index is 2.92. The van der Waals surface area contributed by atoms with Crippen molar-refractivity contribution in [1.82, 2.24) is 5.32 Å². The van der Waals surface area contributed by atoms with Crippen molar-refractivity contribution in [3.05, 3.63) is 42.0 Å². The molecule has 0 spiro atoms. The first kappa shape index (κ1) is 14.4. The van der Waals surface area contributed by atoms with Crippen LogP contribution < -0.4 is 10.5 Å². The summed E-state index contributed by atoms with van der Waals surface area (Å²) in [6.45, 7) is 5.72. The highest BCUT2D eigenvalue weighted by Crippen LogP contribution is 2.14. The first-order valence-corrected chi connectivity index (χ1v) is 6.93.